The van der Waals surface area contributed by atoms with Crippen LogP contribution in [0.15, 0.2) is 47.6 Å². The maximum Gasteiger partial charge on any atom is 0.416 e. The number of rotatable bonds is 3. The van der Waals surface area contributed by atoms with E-state index in [1.807, 2.05) is 0 Å². The van der Waals surface area contributed by atoms with Crippen LogP contribution in [0.2, 0.25) is 5.02 Å². The van der Waals surface area contributed by atoms with E-state index in [4.69, 9.17) is 16.3 Å². The highest BCUT2D eigenvalue weighted by Crippen LogP contribution is 2.34. The van der Waals surface area contributed by atoms with E-state index < -0.39 is 11.7 Å². The van der Waals surface area contributed by atoms with Gasteiger partial charge < -0.3 is 9.64 Å². The first-order valence-electron chi connectivity index (χ1n) is 6.99. The first-order chi connectivity index (χ1) is 11.4. The second-order valence-electron chi connectivity index (χ2n) is 5.07. The summed E-state index contributed by atoms with van der Waals surface area (Å²) in [5, 5.41) is 4.69. The van der Waals surface area contributed by atoms with Crippen molar-refractivity contribution in [1.29, 1.82) is 0 Å². The number of hydrazone groups is 1. The number of methoxy groups -OCH3 is 1. The largest absolute Gasteiger partial charge is 0.495 e. The second-order valence-corrected chi connectivity index (χ2v) is 5.51. The van der Waals surface area contributed by atoms with Gasteiger partial charge in [-0.15, -0.1) is 0 Å². The Morgan fingerprint density at radius 2 is 1.88 bits per heavy atom. The zero-order valence-corrected chi connectivity index (χ0v) is 13.3. The molecule has 24 heavy (non-hydrogen) atoms. The van der Waals surface area contributed by atoms with E-state index in [-0.39, 0.29) is 0 Å². The average Bonchev–Trinajstić information content (AvgIpc) is 3.03. The van der Waals surface area contributed by atoms with Gasteiger partial charge in [-0.05, 0) is 30.3 Å². The second kappa shape index (κ2) is 6.24. The molecule has 0 radical (unpaired) electrons. The third-order valence-corrected chi connectivity index (χ3v) is 3.81. The summed E-state index contributed by atoms with van der Waals surface area (Å²) in [4.78, 5) is 1.79. The molecule has 1 N–H and O–H groups in total. The first-order valence-corrected chi connectivity index (χ1v) is 7.37. The molecule has 3 rings (SSSR count). The number of benzene rings is 2. The lowest BCUT2D eigenvalue weighted by Gasteiger charge is -2.22. The molecule has 1 aliphatic heterocycles. The lowest BCUT2D eigenvalue weighted by atomic mass is 10.1. The number of hydrogen-bond donors (Lipinski definition) is 1. The van der Waals surface area contributed by atoms with Gasteiger partial charge in [0.05, 0.1) is 18.4 Å². The Labute approximate surface area is 141 Å². The Morgan fingerprint density at radius 3 is 2.50 bits per heavy atom. The van der Waals surface area contributed by atoms with Crippen molar-refractivity contribution in [3.05, 3.63) is 58.6 Å². The Bertz CT molecular complexity index is 775. The number of amidine groups is 1. The molecule has 1 aliphatic rings. The molecule has 4 nitrogen and oxygen atoms in total. The van der Waals surface area contributed by atoms with E-state index in [0.717, 1.165) is 12.1 Å². The quantitative estimate of drug-likeness (QED) is 0.900. The molecule has 0 fully saturated rings. The third kappa shape index (κ3) is 3.12. The van der Waals surface area contributed by atoms with Crippen LogP contribution in [0.1, 0.15) is 11.1 Å². The minimum absolute atomic E-state index is 0.354. The summed E-state index contributed by atoms with van der Waals surface area (Å²) in [5.41, 5.74) is 3.35. The summed E-state index contributed by atoms with van der Waals surface area (Å²) in [6.07, 6.45) is -4.37. The Morgan fingerprint density at radius 1 is 1.17 bits per heavy atom. The van der Waals surface area contributed by atoms with Gasteiger partial charge in [-0.2, -0.15) is 18.3 Å². The first kappa shape index (κ1) is 16.4. The van der Waals surface area contributed by atoms with Crippen LogP contribution in [0.4, 0.5) is 18.9 Å². The van der Waals surface area contributed by atoms with Gasteiger partial charge in [0.25, 0.3) is 0 Å². The van der Waals surface area contributed by atoms with Crippen LogP contribution in [0.5, 0.6) is 5.75 Å². The zero-order chi connectivity index (χ0) is 17.3. The molecule has 0 amide bonds. The highest BCUT2D eigenvalue weighted by atomic mass is 35.5. The molecule has 0 atom stereocenters. The molecular weight excluding hydrogens is 343 g/mol. The topological polar surface area (TPSA) is 36.9 Å². The van der Waals surface area contributed by atoms with E-state index in [9.17, 15) is 13.2 Å². The fourth-order valence-corrected chi connectivity index (χ4v) is 2.58. The smallest absolute Gasteiger partial charge is 0.416 e. The van der Waals surface area contributed by atoms with Crippen molar-refractivity contribution in [3.63, 3.8) is 0 Å². The van der Waals surface area contributed by atoms with Gasteiger partial charge >= 0.3 is 6.18 Å². The predicted octanol–water partition coefficient (Wildman–Crippen LogP) is 4.10. The lowest BCUT2D eigenvalue weighted by molar-refractivity contribution is -0.137. The van der Waals surface area contributed by atoms with Crippen LogP contribution in [-0.2, 0) is 6.18 Å². The van der Waals surface area contributed by atoms with Gasteiger partial charge in [-0.25, -0.2) is 0 Å². The molecule has 8 heteroatoms. The van der Waals surface area contributed by atoms with Crippen molar-refractivity contribution < 1.29 is 17.9 Å². The average molecular weight is 356 g/mol. The number of nitrogens with one attached hydrogen (secondary N) is 1. The molecule has 0 unspecified atom stereocenters. The molecular formula is C16H13ClF3N3O. The van der Waals surface area contributed by atoms with Gasteiger partial charge in [0.15, 0.2) is 5.84 Å². The highest BCUT2D eigenvalue weighted by Gasteiger charge is 2.31. The summed E-state index contributed by atoms with van der Waals surface area (Å²) in [5.74, 6) is 1.08. The highest BCUT2D eigenvalue weighted by molar-refractivity contribution is 6.31. The lowest BCUT2D eigenvalue weighted by Crippen LogP contribution is -2.30. The van der Waals surface area contributed by atoms with Crippen molar-refractivity contribution in [1.82, 2.24) is 5.43 Å². The van der Waals surface area contributed by atoms with Gasteiger partial charge in [0, 0.05) is 10.6 Å². The molecule has 0 aromatic heterocycles. The summed E-state index contributed by atoms with van der Waals surface area (Å²) < 4.78 is 43.4. The molecule has 1 heterocycles. The van der Waals surface area contributed by atoms with Crippen molar-refractivity contribution in [2.75, 3.05) is 18.7 Å². The summed E-state index contributed by atoms with van der Waals surface area (Å²) in [7, 11) is 1.53. The maximum atomic E-state index is 12.7. The molecule has 0 saturated carbocycles. The molecule has 0 spiro atoms. The summed E-state index contributed by atoms with van der Waals surface area (Å²) in [6, 6.07) is 9.97. The van der Waals surface area contributed by atoms with E-state index in [1.165, 1.54) is 19.2 Å². The fraction of sp³-hybridized carbons (Fsp3) is 0.188. The summed E-state index contributed by atoms with van der Waals surface area (Å²) >= 11 is 6.05. The third-order valence-electron chi connectivity index (χ3n) is 3.57. The van der Waals surface area contributed by atoms with Crippen molar-refractivity contribution >= 4 is 23.1 Å². The molecule has 0 aliphatic carbocycles. The maximum absolute atomic E-state index is 12.7. The van der Waals surface area contributed by atoms with Crippen molar-refractivity contribution in [2.45, 2.75) is 6.18 Å². The van der Waals surface area contributed by atoms with Gasteiger partial charge in [-0.3, -0.25) is 5.43 Å². The molecule has 0 bridgehead atoms. The van der Waals surface area contributed by atoms with E-state index in [1.54, 1.807) is 23.1 Å². The van der Waals surface area contributed by atoms with Crippen LogP contribution >= 0.6 is 11.6 Å². The van der Waals surface area contributed by atoms with E-state index in [0.29, 0.717) is 34.5 Å². The molecule has 0 saturated heterocycles. The number of ether oxygens (including phenoxy) is 1. The molecule has 2 aromatic carbocycles. The van der Waals surface area contributed by atoms with Crippen LogP contribution in [0.3, 0.4) is 0 Å². The molecule has 126 valence electrons. The standard InChI is InChI=1S/C16H13ClF3N3O/c1-24-14-7-6-12(17)8-13(14)23-9-21-22-15(23)10-2-4-11(5-3-10)16(18,19)20/h2-8,21H,9H2,1H3. The van der Waals surface area contributed by atoms with Crippen molar-refractivity contribution in [3.8, 4) is 5.75 Å². The van der Waals surface area contributed by atoms with Crippen LogP contribution in [-0.4, -0.2) is 19.6 Å². The minimum atomic E-state index is -4.37. The van der Waals surface area contributed by atoms with Crippen molar-refractivity contribution in [2.24, 2.45) is 5.10 Å². The monoisotopic (exact) mass is 355 g/mol. The van der Waals surface area contributed by atoms with Gasteiger partial charge in [0.2, 0.25) is 0 Å². The Hall–Kier alpha value is -2.41. The Kier molecular flexibility index (Phi) is 4.28. The number of halogens is 4. The van der Waals surface area contributed by atoms with Crippen LogP contribution in [0, 0.1) is 0 Å². The van der Waals surface area contributed by atoms with Crippen LogP contribution < -0.4 is 15.1 Å². The minimum Gasteiger partial charge on any atom is -0.495 e. The summed E-state index contributed by atoms with van der Waals surface area (Å²) in [6.45, 7) is 0.354. The fourth-order valence-electron chi connectivity index (χ4n) is 2.42. The number of anilines is 1. The number of nitrogens with zero attached hydrogens (tertiary/aromatic N) is 2. The number of hydrogen-bond acceptors (Lipinski definition) is 4. The van der Waals surface area contributed by atoms with E-state index >= 15 is 0 Å². The Balaban J connectivity index is 1.96. The number of alkyl halides is 3. The van der Waals surface area contributed by atoms with Gasteiger partial charge in [0.1, 0.15) is 12.4 Å². The van der Waals surface area contributed by atoms with Crippen LogP contribution in [0.25, 0.3) is 0 Å². The SMILES string of the molecule is COc1ccc(Cl)cc1N1CNN=C1c1ccc(C(F)(F)F)cc1. The normalized spacial score (nSPS) is 14.4. The zero-order valence-electron chi connectivity index (χ0n) is 12.6. The molecule has 2 aromatic rings. The van der Waals surface area contributed by atoms with E-state index in [2.05, 4.69) is 10.5 Å². The van der Waals surface area contributed by atoms with Gasteiger partial charge in [-0.1, -0.05) is 23.7 Å². The predicted molar refractivity (Wildman–Crippen MR) is 86.5 cm³/mol.